The van der Waals surface area contributed by atoms with Gasteiger partial charge in [-0.1, -0.05) is 57.2 Å². The Bertz CT molecular complexity index is 476. The molecule has 1 aromatic carbocycles. The molecule has 0 unspecified atom stereocenters. The third-order valence-corrected chi connectivity index (χ3v) is 4.66. The second-order valence-electron chi connectivity index (χ2n) is 6.43. The summed E-state index contributed by atoms with van der Waals surface area (Å²) in [5, 5.41) is 6.55. The molecular weight excluding hydrogens is 272 g/mol. The van der Waals surface area contributed by atoms with Gasteiger partial charge in [0.1, 0.15) is 0 Å². The summed E-state index contributed by atoms with van der Waals surface area (Å²) in [5.41, 5.74) is 3.34. The van der Waals surface area contributed by atoms with Crippen molar-refractivity contribution in [3.8, 4) is 0 Å². The molecule has 0 aliphatic heterocycles. The Hall–Kier alpha value is -1.35. The van der Waals surface area contributed by atoms with Crippen LogP contribution in [-0.4, -0.2) is 18.5 Å². The molecule has 1 aromatic rings. The Kier molecular flexibility index (Phi) is 6.91. The summed E-state index contributed by atoms with van der Waals surface area (Å²) in [7, 11) is 0. The van der Waals surface area contributed by atoms with Crippen molar-refractivity contribution in [1.82, 2.24) is 5.32 Å². The first-order valence-corrected chi connectivity index (χ1v) is 8.82. The highest BCUT2D eigenvalue weighted by Gasteiger charge is 2.13. The van der Waals surface area contributed by atoms with Crippen molar-refractivity contribution < 1.29 is 4.79 Å². The van der Waals surface area contributed by atoms with Gasteiger partial charge in [0, 0.05) is 11.7 Å². The van der Waals surface area contributed by atoms with Gasteiger partial charge in [-0.05, 0) is 37.3 Å². The Morgan fingerprint density at radius 2 is 1.82 bits per heavy atom. The maximum Gasteiger partial charge on any atom is 0.238 e. The van der Waals surface area contributed by atoms with Crippen LogP contribution in [0.25, 0.3) is 0 Å². The van der Waals surface area contributed by atoms with Gasteiger partial charge in [-0.3, -0.25) is 4.79 Å². The van der Waals surface area contributed by atoms with E-state index in [1.165, 1.54) is 50.5 Å². The van der Waals surface area contributed by atoms with Gasteiger partial charge in [0.25, 0.3) is 0 Å². The van der Waals surface area contributed by atoms with Gasteiger partial charge in [0.2, 0.25) is 5.91 Å². The van der Waals surface area contributed by atoms with E-state index < -0.39 is 0 Å². The first-order chi connectivity index (χ1) is 10.7. The summed E-state index contributed by atoms with van der Waals surface area (Å²) in [6.07, 6.45) is 9.98. The van der Waals surface area contributed by atoms with E-state index in [1.807, 2.05) is 0 Å². The van der Waals surface area contributed by atoms with Crippen LogP contribution < -0.4 is 10.6 Å². The van der Waals surface area contributed by atoms with Gasteiger partial charge in [-0.25, -0.2) is 0 Å². The Balaban J connectivity index is 1.85. The minimum atomic E-state index is 0.0751. The molecule has 0 bridgehead atoms. The lowest BCUT2D eigenvalue weighted by Crippen LogP contribution is -2.36. The SMILES string of the molecule is CCc1cccc(C)c1NC(=O)CNC1CCCCCCC1. The summed E-state index contributed by atoms with van der Waals surface area (Å²) in [5.74, 6) is 0.0751. The molecule has 1 aliphatic rings. The molecule has 122 valence electrons. The topological polar surface area (TPSA) is 41.1 Å². The van der Waals surface area contributed by atoms with E-state index in [2.05, 4.69) is 42.7 Å². The number of rotatable bonds is 5. The van der Waals surface area contributed by atoms with Crippen molar-refractivity contribution >= 4 is 11.6 Å². The van der Waals surface area contributed by atoms with Crippen molar-refractivity contribution in [2.75, 3.05) is 11.9 Å². The van der Waals surface area contributed by atoms with Crippen LogP contribution in [0.4, 0.5) is 5.69 Å². The molecule has 2 rings (SSSR count). The standard InChI is InChI=1S/C19H30N2O/c1-3-16-11-9-10-15(2)19(16)21-18(22)14-20-17-12-7-5-4-6-8-13-17/h9-11,17,20H,3-8,12-14H2,1-2H3,(H,21,22). The fraction of sp³-hybridized carbons (Fsp3) is 0.632. The van der Waals surface area contributed by atoms with Crippen molar-refractivity contribution in [1.29, 1.82) is 0 Å². The fourth-order valence-electron chi connectivity index (χ4n) is 3.28. The van der Waals surface area contributed by atoms with Crippen LogP contribution in [0.1, 0.15) is 63.0 Å². The Morgan fingerprint density at radius 1 is 1.14 bits per heavy atom. The predicted molar refractivity (Wildman–Crippen MR) is 93.3 cm³/mol. The molecule has 1 amide bonds. The molecule has 0 aromatic heterocycles. The highest BCUT2D eigenvalue weighted by atomic mass is 16.1. The van der Waals surface area contributed by atoms with Crippen molar-refractivity contribution in [2.45, 2.75) is 71.3 Å². The van der Waals surface area contributed by atoms with E-state index in [4.69, 9.17) is 0 Å². The first kappa shape index (κ1) is 17.0. The lowest BCUT2D eigenvalue weighted by molar-refractivity contribution is -0.115. The van der Waals surface area contributed by atoms with Crippen LogP contribution in [0.5, 0.6) is 0 Å². The lowest BCUT2D eigenvalue weighted by atomic mass is 9.97. The molecule has 0 saturated heterocycles. The molecule has 0 heterocycles. The Labute approximate surface area is 134 Å². The third-order valence-electron chi connectivity index (χ3n) is 4.66. The van der Waals surface area contributed by atoms with Gasteiger partial charge in [0.15, 0.2) is 0 Å². The molecular formula is C19H30N2O. The maximum absolute atomic E-state index is 12.3. The van der Waals surface area contributed by atoms with Crippen LogP contribution >= 0.6 is 0 Å². The maximum atomic E-state index is 12.3. The van der Waals surface area contributed by atoms with E-state index >= 15 is 0 Å². The molecule has 1 aliphatic carbocycles. The number of aryl methyl sites for hydroxylation is 2. The zero-order valence-corrected chi connectivity index (χ0v) is 14.1. The van der Waals surface area contributed by atoms with Crippen LogP contribution in [0, 0.1) is 6.92 Å². The van der Waals surface area contributed by atoms with Gasteiger partial charge in [-0.15, -0.1) is 0 Å². The minimum absolute atomic E-state index is 0.0751. The molecule has 3 heteroatoms. The second kappa shape index (κ2) is 8.94. The Morgan fingerprint density at radius 3 is 2.50 bits per heavy atom. The predicted octanol–water partition coefficient (Wildman–Crippen LogP) is 4.20. The number of benzene rings is 1. The third kappa shape index (κ3) is 5.13. The average molecular weight is 302 g/mol. The zero-order valence-electron chi connectivity index (χ0n) is 14.1. The van der Waals surface area contributed by atoms with Crippen LogP contribution in [0.2, 0.25) is 0 Å². The van der Waals surface area contributed by atoms with Crippen LogP contribution in [-0.2, 0) is 11.2 Å². The van der Waals surface area contributed by atoms with Gasteiger partial charge < -0.3 is 10.6 Å². The highest BCUT2D eigenvalue weighted by molar-refractivity contribution is 5.93. The van der Waals surface area contributed by atoms with Crippen LogP contribution in [0.15, 0.2) is 18.2 Å². The number of anilines is 1. The summed E-state index contributed by atoms with van der Waals surface area (Å²) in [6.45, 7) is 4.59. The molecule has 3 nitrogen and oxygen atoms in total. The number of carbonyl (C=O) groups excluding carboxylic acids is 1. The summed E-state index contributed by atoms with van der Waals surface area (Å²) >= 11 is 0. The smallest absolute Gasteiger partial charge is 0.238 e. The largest absolute Gasteiger partial charge is 0.324 e. The van der Waals surface area contributed by atoms with Crippen molar-refractivity contribution in [2.24, 2.45) is 0 Å². The normalized spacial score (nSPS) is 16.8. The number of carbonyl (C=O) groups is 1. The minimum Gasteiger partial charge on any atom is -0.324 e. The average Bonchev–Trinajstić information content (AvgIpc) is 2.48. The summed E-state index contributed by atoms with van der Waals surface area (Å²) < 4.78 is 0. The lowest BCUT2D eigenvalue weighted by Gasteiger charge is -2.21. The van der Waals surface area contributed by atoms with Gasteiger partial charge >= 0.3 is 0 Å². The molecule has 0 spiro atoms. The quantitative estimate of drug-likeness (QED) is 0.856. The van der Waals surface area contributed by atoms with Gasteiger partial charge in [-0.2, -0.15) is 0 Å². The van der Waals surface area contributed by atoms with E-state index in [9.17, 15) is 4.79 Å². The summed E-state index contributed by atoms with van der Waals surface area (Å²) in [6, 6.07) is 6.70. The van der Waals surface area contributed by atoms with E-state index in [0.717, 1.165) is 17.7 Å². The van der Waals surface area contributed by atoms with E-state index in [-0.39, 0.29) is 5.91 Å². The number of para-hydroxylation sites is 1. The van der Waals surface area contributed by atoms with E-state index in [1.54, 1.807) is 0 Å². The zero-order chi connectivity index (χ0) is 15.8. The highest BCUT2D eigenvalue weighted by Crippen LogP contribution is 2.21. The molecule has 1 saturated carbocycles. The molecule has 1 fully saturated rings. The number of hydrogen-bond acceptors (Lipinski definition) is 2. The first-order valence-electron chi connectivity index (χ1n) is 8.82. The van der Waals surface area contributed by atoms with Crippen molar-refractivity contribution in [3.05, 3.63) is 29.3 Å². The second-order valence-corrected chi connectivity index (χ2v) is 6.43. The molecule has 22 heavy (non-hydrogen) atoms. The molecule has 0 radical (unpaired) electrons. The van der Waals surface area contributed by atoms with Crippen LogP contribution in [0.3, 0.4) is 0 Å². The van der Waals surface area contributed by atoms with Crippen molar-refractivity contribution in [3.63, 3.8) is 0 Å². The monoisotopic (exact) mass is 302 g/mol. The fourth-order valence-corrected chi connectivity index (χ4v) is 3.28. The summed E-state index contributed by atoms with van der Waals surface area (Å²) in [4.78, 5) is 12.3. The number of nitrogens with one attached hydrogen (secondary N) is 2. The number of amides is 1. The molecule has 2 N–H and O–H groups in total. The van der Waals surface area contributed by atoms with E-state index in [0.29, 0.717) is 12.6 Å². The molecule has 0 atom stereocenters. The van der Waals surface area contributed by atoms with Gasteiger partial charge in [0.05, 0.1) is 6.54 Å². The number of hydrogen-bond donors (Lipinski definition) is 2.